The number of nitrogens with one attached hydrogen (secondary N) is 1. The van der Waals surface area contributed by atoms with Gasteiger partial charge in [-0.1, -0.05) is 43.2 Å². The Kier molecular flexibility index (Phi) is 7.97. The molecule has 5 nitrogen and oxygen atoms in total. The first-order valence-electron chi connectivity index (χ1n) is 11.7. The number of anilines is 1. The molecule has 3 aromatic rings. The zero-order valence-corrected chi connectivity index (χ0v) is 20.5. The zero-order valence-electron chi connectivity index (χ0n) is 19.7. The lowest BCUT2D eigenvalue weighted by Gasteiger charge is -2.29. The second-order valence-corrected chi connectivity index (χ2v) is 9.39. The Morgan fingerprint density at radius 3 is 2.69 bits per heavy atom. The van der Waals surface area contributed by atoms with Gasteiger partial charge in [-0.25, -0.2) is 4.98 Å². The minimum absolute atomic E-state index is 0.144. The van der Waals surface area contributed by atoms with E-state index in [1.165, 1.54) is 17.4 Å². The highest BCUT2D eigenvalue weighted by Gasteiger charge is 2.31. The van der Waals surface area contributed by atoms with Gasteiger partial charge in [0.15, 0.2) is 6.23 Å². The molecule has 4 rings (SSSR count). The summed E-state index contributed by atoms with van der Waals surface area (Å²) >= 11 is 1.46. The van der Waals surface area contributed by atoms with Crippen LogP contribution in [0.15, 0.2) is 53.9 Å². The maximum Gasteiger partial charge on any atom is 0.416 e. The number of carbonyl (C=O) groups is 1. The SMILES string of the molecule is CCC#CC(=O)N1CCC(c2nc(C(O)Nc3ccccc3-c3cccc(C(F)(F)F)c3)cs2)CC1. The van der Waals surface area contributed by atoms with E-state index in [0.717, 1.165) is 30.0 Å². The van der Waals surface area contributed by atoms with E-state index >= 15 is 0 Å². The van der Waals surface area contributed by atoms with Gasteiger partial charge in [0.1, 0.15) is 5.69 Å². The summed E-state index contributed by atoms with van der Waals surface area (Å²) in [6.07, 6.45) is -3.39. The Hall–Kier alpha value is -3.35. The Labute approximate surface area is 212 Å². The molecule has 1 amide bonds. The molecule has 1 saturated heterocycles. The number of thiazole rings is 1. The molecule has 9 heteroatoms. The lowest BCUT2D eigenvalue weighted by atomic mass is 9.97. The van der Waals surface area contributed by atoms with Crippen LogP contribution in [0.25, 0.3) is 11.1 Å². The number of nitrogens with zero attached hydrogens (tertiary/aromatic N) is 2. The van der Waals surface area contributed by atoms with Gasteiger partial charge in [-0.2, -0.15) is 13.2 Å². The van der Waals surface area contributed by atoms with Crippen molar-refractivity contribution in [3.8, 4) is 23.0 Å². The molecule has 1 atom stereocenters. The molecule has 2 N–H and O–H groups in total. The van der Waals surface area contributed by atoms with Crippen LogP contribution in [-0.4, -0.2) is 34.0 Å². The molecule has 0 radical (unpaired) electrons. The van der Waals surface area contributed by atoms with Crippen LogP contribution in [0, 0.1) is 11.8 Å². The van der Waals surface area contributed by atoms with E-state index in [1.807, 2.05) is 6.92 Å². The molecule has 1 aliphatic heterocycles. The molecule has 0 spiro atoms. The lowest BCUT2D eigenvalue weighted by Crippen LogP contribution is -2.37. The lowest BCUT2D eigenvalue weighted by molar-refractivity contribution is -0.137. The van der Waals surface area contributed by atoms with Crippen molar-refractivity contribution in [3.63, 3.8) is 0 Å². The summed E-state index contributed by atoms with van der Waals surface area (Å²) in [5.41, 5.74) is 1.15. The summed E-state index contributed by atoms with van der Waals surface area (Å²) in [6, 6.07) is 12.0. The second kappa shape index (κ2) is 11.1. The molecule has 0 bridgehead atoms. The van der Waals surface area contributed by atoms with Gasteiger partial charge in [0.05, 0.1) is 10.6 Å². The minimum atomic E-state index is -4.44. The highest BCUT2D eigenvalue weighted by atomic mass is 32.1. The summed E-state index contributed by atoms with van der Waals surface area (Å²) < 4.78 is 39.6. The van der Waals surface area contributed by atoms with Crippen molar-refractivity contribution in [1.29, 1.82) is 0 Å². The molecule has 188 valence electrons. The topological polar surface area (TPSA) is 65.5 Å². The molecule has 1 fully saturated rings. The second-order valence-electron chi connectivity index (χ2n) is 8.50. The van der Waals surface area contributed by atoms with Crippen LogP contribution in [0.1, 0.15) is 54.6 Å². The number of aromatic nitrogens is 1. The highest BCUT2D eigenvalue weighted by molar-refractivity contribution is 7.09. The summed E-state index contributed by atoms with van der Waals surface area (Å²) in [5.74, 6) is 5.51. The average Bonchev–Trinajstić information content (AvgIpc) is 3.38. The fourth-order valence-corrected chi connectivity index (χ4v) is 5.14. The van der Waals surface area contributed by atoms with Gasteiger partial charge < -0.3 is 15.3 Å². The third-order valence-corrected chi connectivity index (χ3v) is 7.07. The third kappa shape index (κ3) is 6.07. The number of piperidine rings is 1. The Morgan fingerprint density at radius 1 is 1.22 bits per heavy atom. The number of amides is 1. The number of hydrogen-bond acceptors (Lipinski definition) is 5. The van der Waals surface area contributed by atoms with Crippen molar-refractivity contribution < 1.29 is 23.1 Å². The van der Waals surface area contributed by atoms with Crippen LogP contribution in [0.4, 0.5) is 18.9 Å². The Balaban J connectivity index is 1.44. The van der Waals surface area contributed by atoms with Crippen molar-refractivity contribution in [1.82, 2.24) is 9.88 Å². The first-order valence-corrected chi connectivity index (χ1v) is 12.6. The van der Waals surface area contributed by atoms with E-state index in [9.17, 15) is 23.1 Å². The van der Waals surface area contributed by atoms with E-state index in [0.29, 0.717) is 42.0 Å². The maximum atomic E-state index is 13.2. The van der Waals surface area contributed by atoms with Crippen molar-refractivity contribution in [2.75, 3.05) is 18.4 Å². The summed E-state index contributed by atoms with van der Waals surface area (Å²) in [7, 11) is 0. The van der Waals surface area contributed by atoms with Gasteiger partial charge in [0.25, 0.3) is 5.91 Å². The summed E-state index contributed by atoms with van der Waals surface area (Å²) in [6.45, 7) is 3.13. The van der Waals surface area contributed by atoms with Gasteiger partial charge in [-0.05, 0) is 42.5 Å². The minimum Gasteiger partial charge on any atom is -0.368 e. The van der Waals surface area contributed by atoms with Crippen LogP contribution in [0.2, 0.25) is 0 Å². The molecule has 2 heterocycles. The summed E-state index contributed by atoms with van der Waals surface area (Å²) in [4.78, 5) is 18.5. The van der Waals surface area contributed by atoms with E-state index in [4.69, 9.17) is 0 Å². The summed E-state index contributed by atoms with van der Waals surface area (Å²) in [5, 5.41) is 16.5. The number of alkyl halides is 3. The fourth-order valence-electron chi connectivity index (χ4n) is 4.13. The first kappa shape index (κ1) is 25.7. The van der Waals surface area contributed by atoms with Crippen molar-refractivity contribution >= 4 is 22.9 Å². The molecule has 1 aliphatic rings. The fraction of sp³-hybridized carbons (Fsp3) is 0.333. The number of likely N-dealkylation sites (tertiary alicyclic amines) is 1. The van der Waals surface area contributed by atoms with Crippen molar-refractivity contribution in [3.05, 3.63) is 70.2 Å². The monoisotopic (exact) mass is 513 g/mol. The largest absolute Gasteiger partial charge is 0.416 e. The predicted octanol–water partition coefficient (Wildman–Crippen LogP) is 6.05. The number of aliphatic hydroxyl groups is 1. The highest BCUT2D eigenvalue weighted by Crippen LogP contribution is 2.36. The van der Waals surface area contributed by atoms with Gasteiger partial charge in [-0.3, -0.25) is 4.79 Å². The van der Waals surface area contributed by atoms with Gasteiger partial charge in [0.2, 0.25) is 0 Å². The van der Waals surface area contributed by atoms with E-state index < -0.39 is 18.0 Å². The molecule has 36 heavy (non-hydrogen) atoms. The smallest absolute Gasteiger partial charge is 0.368 e. The number of benzene rings is 2. The van der Waals surface area contributed by atoms with Gasteiger partial charge in [0, 0.05) is 42.1 Å². The molecular weight excluding hydrogens is 487 g/mol. The quantitative estimate of drug-likeness (QED) is 0.322. The number of hydrogen-bond donors (Lipinski definition) is 2. The number of carbonyl (C=O) groups excluding carboxylic acids is 1. The normalized spacial score (nSPS) is 15.2. The van der Waals surface area contributed by atoms with E-state index in [-0.39, 0.29) is 11.8 Å². The molecule has 1 unspecified atom stereocenters. The zero-order chi connectivity index (χ0) is 25.7. The van der Waals surface area contributed by atoms with Gasteiger partial charge in [-0.15, -0.1) is 11.3 Å². The molecule has 2 aromatic carbocycles. The average molecular weight is 514 g/mol. The molecular formula is C27H26F3N3O2S. The maximum absolute atomic E-state index is 13.2. The standard InChI is InChI=1S/C27H26F3N3O2S/c1-2-3-11-24(34)33-14-12-18(13-15-33)26-32-23(17-36-26)25(35)31-22-10-5-4-9-21(22)19-7-6-8-20(16-19)27(28,29)30/h4-10,16-18,25,31,35H,2,12-15H2,1H3. The Bertz CT molecular complexity index is 1270. The van der Waals surface area contributed by atoms with E-state index in [2.05, 4.69) is 22.1 Å². The van der Waals surface area contributed by atoms with Crippen molar-refractivity contribution in [2.24, 2.45) is 0 Å². The number of halogens is 3. The van der Waals surface area contributed by atoms with Crippen LogP contribution < -0.4 is 5.32 Å². The van der Waals surface area contributed by atoms with Crippen LogP contribution in [-0.2, 0) is 11.0 Å². The van der Waals surface area contributed by atoms with Gasteiger partial charge >= 0.3 is 6.18 Å². The predicted molar refractivity (Wildman–Crippen MR) is 134 cm³/mol. The van der Waals surface area contributed by atoms with Crippen molar-refractivity contribution in [2.45, 2.75) is 44.5 Å². The van der Waals surface area contributed by atoms with Crippen LogP contribution in [0.5, 0.6) is 0 Å². The van der Waals surface area contributed by atoms with E-state index in [1.54, 1.807) is 40.6 Å². The number of rotatable bonds is 5. The molecule has 1 aromatic heterocycles. The van der Waals surface area contributed by atoms with Crippen LogP contribution in [0.3, 0.4) is 0 Å². The third-order valence-electron chi connectivity index (χ3n) is 6.04. The molecule has 0 aliphatic carbocycles. The Morgan fingerprint density at radius 2 is 1.97 bits per heavy atom. The molecule has 0 saturated carbocycles. The number of aliphatic hydroxyl groups excluding tert-OH is 1. The number of para-hydroxylation sites is 1. The first-order chi connectivity index (χ1) is 17.3. The van der Waals surface area contributed by atoms with Crippen LogP contribution >= 0.6 is 11.3 Å².